The first-order valence-electron chi connectivity index (χ1n) is 5.51. The monoisotopic (exact) mass is 183 g/mol. The van der Waals surface area contributed by atoms with Crippen LogP contribution < -0.4 is 0 Å². The highest BCUT2D eigenvalue weighted by Crippen LogP contribution is 2.20. The Morgan fingerprint density at radius 1 is 1.31 bits per heavy atom. The van der Waals surface area contributed by atoms with Crippen LogP contribution in [-0.4, -0.2) is 25.0 Å². The zero-order valence-electron chi connectivity index (χ0n) is 9.77. The van der Waals surface area contributed by atoms with E-state index in [4.69, 9.17) is 0 Å². The molecular weight excluding hydrogens is 158 g/mol. The Balaban J connectivity index is 3.78. The molecule has 0 fully saturated rings. The van der Waals surface area contributed by atoms with E-state index in [-0.39, 0.29) is 0 Å². The molecule has 0 aliphatic rings. The van der Waals surface area contributed by atoms with Crippen LogP contribution in [0.15, 0.2) is 12.2 Å². The molecule has 0 amide bonds. The van der Waals surface area contributed by atoms with Crippen LogP contribution in [0.1, 0.15) is 40.0 Å². The predicted octanol–water partition coefficient (Wildman–Crippen LogP) is 3.32. The zero-order valence-corrected chi connectivity index (χ0v) is 9.77. The maximum Gasteiger partial charge on any atom is -0.00162 e. The summed E-state index contributed by atoms with van der Waals surface area (Å²) in [5, 5.41) is 0. The Hall–Kier alpha value is -0.300. The third-order valence-corrected chi connectivity index (χ3v) is 2.92. The first-order valence-corrected chi connectivity index (χ1v) is 5.51. The normalized spacial score (nSPS) is 13.3. The van der Waals surface area contributed by atoms with E-state index in [1.54, 1.807) is 0 Å². The Morgan fingerprint density at radius 3 is 2.31 bits per heavy atom. The summed E-state index contributed by atoms with van der Waals surface area (Å²) >= 11 is 0. The highest BCUT2D eigenvalue weighted by atomic mass is 15.1. The Morgan fingerprint density at radius 2 is 1.92 bits per heavy atom. The molecule has 1 unspecified atom stereocenters. The van der Waals surface area contributed by atoms with E-state index in [0.29, 0.717) is 0 Å². The summed E-state index contributed by atoms with van der Waals surface area (Å²) in [7, 11) is 2.18. The Labute approximate surface area is 83.8 Å². The van der Waals surface area contributed by atoms with Gasteiger partial charge in [0.1, 0.15) is 0 Å². The molecular formula is C12H25N. The van der Waals surface area contributed by atoms with Crippen molar-refractivity contribution in [2.75, 3.05) is 20.1 Å². The highest BCUT2D eigenvalue weighted by molar-refractivity contribution is 4.99. The highest BCUT2D eigenvalue weighted by Gasteiger charge is 2.09. The summed E-state index contributed by atoms with van der Waals surface area (Å²) < 4.78 is 0. The number of rotatable bonds is 7. The summed E-state index contributed by atoms with van der Waals surface area (Å²) in [5.41, 5.74) is 1.42. The fourth-order valence-corrected chi connectivity index (χ4v) is 1.52. The molecule has 0 aliphatic heterocycles. The zero-order chi connectivity index (χ0) is 10.3. The molecule has 1 atom stereocenters. The lowest BCUT2D eigenvalue weighted by Crippen LogP contribution is -2.21. The molecule has 0 saturated heterocycles. The molecule has 0 rings (SSSR count). The Kier molecular flexibility index (Phi) is 6.97. The van der Waals surface area contributed by atoms with Gasteiger partial charge in [-0.25, -0.2) is 0 Å². The van der Waals surface area contributed by atoms with Gasteiger partial charge in [-0.3, -0.25) is 0 Å². The maximum atomic E-state index is 4.13. The molecule has 0 spiro atoms. The number of nitrogens with zero attached hydrogens (tertiary/aromatic N) is 1. The predicted molar refractivity (Wildman–Crippen MR) is 61.0 cm³/mol. The molecule has 0 radical (unpaired) electrons. The molecule has 0 saturated carbocycles. The molecule has 78 valence electrons. The van der Waals surface area contributed by atoms with E-state index in [1.807, 2.05) is 0 Å². The molecule has 0 N–H and O–H groups in total. The van der Waals surface area contributed by atoms with Crippen LogP contribution >= 0.6 is 0 Å². The minimum atomic E-state index is 0.735. The van der Waals surface area contributed by atoms with Crippen LogP contribution in [0.25, 0.3) is 0 Å². The molecule has 0 aliphatic carbocycles. The molecule has 0 aromatic heterocycles. The second-order valence-corrected chi connectivity index (χ2v) is 3.80. The van der Waals surface area contributed by atoms with Crippen LogP contribution in [0.4, 0.5) is 0 Å². The van der Waals surface area contributed by atoms with Crippen molar-refractivity contribution >= 4 is 0 Å². The van der Waals surface area contributed by atoms with E-state index in [1.165, 1.54) is 25.0 Å². The van der Waals surface area contributed by atoms with E-state index in [0.717, 1.165) is 18.9 Å². The minimum Gasteiger partial charge on any atom is -0.307 e. The fourth-order valence-electron chi connectivity index (χ4n) is 1.52. The fraction of sp³-hybridized carbons (Fsp3) is 0.833. The average molecular weight is 183 g/mol. The summed E-state index contributed by atoms with van der Waals surface area (Å²) in [6.07, 6.45) is 3.64. The lowest BCUT2D eigenvalue weighted by molar-refractivity contribution is 0.321. The minimum absolute atomic E-state index is 0.735. The third kappa shape index (κ3) is 5.09. The SMILES string of the molecule is C=C(CC)C(CC)CCN(C)CC. The topological polar surface area (TPSA) is 3.24 Å². The van der Waals surface area contributed by atoms with Crippen LogP contribution in [-0.2, 0) is 0 Å². The Bertz CT molecular complexity index is 140. The lowest BCUT2D eigenvalue weighted by Gasteiger charge is -2.20. The second kappa shape index (κ2) is 7.14. The number of hydrogen-bond donors (Lipinski definition) is 0. The summed E-state index contributed by atoms with van der Waals surface area (Å²) in [4.78, 5) is 2.37. The number of hydrogen-bond acceptors (Lipinski definition) is 1. The van der Waals surface area contributed by atoms with Crippen molar-refractivity contribution in [3.63, 3.8) is 0 Å². The van der Waals surface area contributed by atoms with Crippen LogP contribution in [0.2, 0.25) is 0 Å². The van der Waals surface area contributed by atoms with Crippen molar-refractivity contribution in [1.29, 1.82) is 0 Å². The van der Waals surface area contributed by atoms with Crippen LogP contribution in [0.3, 0.4) is 0 Å². The van der Waals surface area contributed by atoms with Gasteiger partial charge in [-0.15, -0.1) is 0 Å². The van der Waals surface area contributed by atoms with Crippen molar-refractivity contribution in [3.05, 3.63) is 12.2 Å². The molecule has 0 aromatic rings. The maximum absolute atomic E-state index is 4.13. The van der Waals surface area contributed by atoms with E-state index in [2.05, 4.69) is 39.3 Å². The first-order chi connectivity index (χ1) is 6.15. The summed E-state index contributed by atoms with van der Waals surface area (Å²) in [6.45, 7) is 13.1. The molecule has 1 nitrogen and oxygen atoms in total. The van der Waals surface area contributed by atoms with Gasteiger partial charge in [-0.1, -0.05) is 32.9 Å². The molecule has 0 heterocycles. The van der Waals surface area contributed by atoms with Crippen molar-refractivity contribution < 1.29 is 0 Å². The molecule has 0 bridgehead atoms. The summed E-state index contributed by atoms with van der Waals surface area (Å²) in [5.74, 6) is 0.735. The third-order valence-electron chi connectivity index (χ3n) is 2.92. The van der Waals surface area contributed by atoms with Gasteiger partial charge >= 0.3 is 0 Å². The quantitative estimate of drug-likeness (QED) is 0.547. The van der Waals surface area contributed by atoms with Gasteiger partial charge in [-0.05, 0) is 45.3 Å². The van der Waals surface area contributed by atoms with E-state index >= 15 is 0 Å². The lowest BCUT2D eigenvalue weighted by atomic mass is 9.92. The number of allylic oxidation sites excluding steroid dienone is 1. The van der Waals surface area contributed by atoms with Gasteiger partial charge < -0.3 is 4.90 Å². The second-order valence-electron chi connectivity index (χ2n) is 3.80. The van der Waals surface area contributed by atoms with Crippen LogP contribution in [0, 0.1) is 5.92 Å². The van der Waals surface area contributed by atoms with E-state index in [9.17, 15) is 0 Å². The van der Waals surface area contributed by atoms with Gasteiger partial charge in [0, 0.05) is 0 Å². The van der Waals surface area contributed by atoms with Gasteiger partial charge in [0.05, 0.1) is 0 Å². The smallest absolute Gasteiger partial charge is 0.00162 e. The van der Waals surface area contributed by atoms with E-state index < -0.39 is 0 Å². The van der Waals surface area contributed by atoms with Crippen molar-refractivity contribution in [2.45, 2.75) is 40.0 Å². The van der Waals surface area contributed by atoms with Crippen LogP contribution in [0.5, 0.6) is 0 Å². The standard InChI is InChI=1S/C12H25N/c1-6-11(4)12(7-2)9-10-13(5)8-3/h12H,4,6-10H2,1-3,5H3. The van der Waals surface area contributed by atoms with Gasteiger partial charge in [0.25, 0.3) is 0 Å². The summed E-state index contributed by atoms with van der Waals surface area (Å²) in [6, 6.07) is 0. The van der Waals surface area contributed by atoms with Gasteiger partial charge in [-0.2, -0.15) is 0 Å². The van der Waals surface area contributed by atoms with Crippen molar-refractivity contribution in [1.82, 2.24) is 4.90 Å². The largest absolute Gasteiger partial charge is 0.307 e. The average Bonchev–Trinajstić information content (AvgIpc) is 2.17. The van der Waals surface area contributed by atoms with Gasteiger partial charge in [0.2, 0.25) is 0 Å². The van der Waals surface area contributed by atoms with Crippen molar-refractivity contribution in [3.8, 4) is 0 Å². The first kappa shape index (κ1) is 12.7. The molecule has 1 heteroatoms. The molecule has 0 aromatic carbocycles. The molecule has 13 heavy (non-hydrogen) atoms. The van der Waals surface area contributed by atoms with Crippen molar-refractivity contribution in [2.24, 2.45) is 5.92 Å². The van der Waals surface area contributed by atoms with Gasteiger partial charge in [0.15, 0.2) is 0 Å².